The molecular formula is C25H25ClN6O3. The van der Waals surface area contributed by atoms with E-state index in [1.54, 1.807) is 54.3 Å². The molecule has 0 bridgehead atoms. The molecule has 2 N–H and O–H groups in total. The maximum atomic E-state index is 13.7. The Bertz CT molecular complexity index is 1520. The zero-order valence-electron chi connectivity index (χ0n) is 19.4. The van der Waals surface area contributed by atoms with Crippen LogP contribution in [0.15, 0.2) is 58.4 Å². The molecule has 5 rings (SSSR count). The number of hydrogen-bond acceptors (Lipinski definition) is 7. The second kappa shape index (κ2) is 9.61. The Morgan fingerprint density at radius 2 is 2.06 bits per heavy atom. The molecule has 1 atom stereocenters. The normalized spacial score (nSPS) is 15.9. The van der Waals surface area contributed by atoms with E-state index in [4.69, 9.17) is 16.3 Å². The van der Waals surface area contributed by atoms with Crippen molar-refractivity contribution >= 4 is 28.6 Å². The van der Waals surface area contributed by atoms with E-state index in [0.717, 1.165) is 12.1 Å². The second-order valence-electron chi connectivity index (χ2n) is 8.47. The van der Waals surface area contributed by atoms with Gasteiger partial charge in [0.05, 0.1) is 30.0 Å². The summed E-state index contributed by atoms with van der Waals surface area (Å²) < 4.78 is 9.00. The van der Waals surface area contributed by atoms with Crippen molar-refractivity contribution in [3.05, 3.63) is 80.1 Å². The Morgan fingerprint density at radius 1 is 1.20 bits per heavy atom. The van der Waals surface area contributed by atoms with Crippen LogP contribution in [0.25, 0.3) is 27.8 Å². The van der Waals surface area contributed by atoms with Crippen LogP contribution in [0.3, 0.4) is 0 Å². The van der Waals surface area contributed by atoms with Crippen LogP contribution in [0.2, 0.25) is 5.02 Å². The first-order chi connectivity index (χ1) is 16.9. The van der Waals surface area contributed by atoms with Crippen molar-refractivity contribution in [3.8, 4) is 16.8 Å². The largest absolute Gasteiger partial charge is 0.374 e. The number of benzene rings is 1. The van der Waals surface area contributed by atoms with Crippen molar-refractivity contribution in [2.24, 2.45) is 0 Å². The van der Waals surface area contributed by atoms with Crippen LogP contribution in [0.1, 0.15) is 5.56 Å². The molecule has 4 aromatic rings. The van der Waals surface area contributed by atoms with Gasteiger partial charge in [-0.15, -0.1) is 0 Å². The van der Waals surface area contributed by atoms with Gasteiger partial charge in [0.25, 0.3) is 11.1 Å². The number of aromatic nitrogens is 4. The van der Waals surface area contributed by atoms with Gasteiger partial charge in [0.1, 0.15) is 5.65 Å². The lowest BCUT2D eigenvalue weighted by Gasteiger charge is -2.25. The number of morpholine rings is 1. The van der Waals surface area contributed by atoms with Crippen molar-refractivity contribution in [1.82, 2.24) is 24.4 Å². The zero-order chi connectivity index (χ0) is 24.5. The summed E-state index contributed by atoms with van der Waals surface area (Å²) in [6, 6.07) is 10.4. The number of anilines is 1. The van der Waals surface area contributed by atoms with Crippen LogP contribution in [0, 0.1) is 6.92 Å². The number of nitrogens with zero attached hydrogens (tertiary/aromatic N) is 4. The van der Waals surface area contributed by atoms with Gasteiger partial charge in [-0.25, -0.2) is 4.98 Å². The van der Waals surface area contributed by atoms with E-state index >= 15 is 0 Å². The van der Waals surface area contributed by atoms with Crippen molar-refractivity contribution in [3.63, 3.8) is 0 Å². The van der Waals surface area contributed by atoms with Gasteiger partial charge in [-0.3, -0.25) is 18.7 Å². The number of nitrogens with one attached hydrogen (secondary N) is 2. The Morgan fingerprint density at radius 3 is 2.77 bits per heavy atom. The molecule has 0 aliphatic carbocycles. The fourth-order valence-corrected chi connectivity index (χ4v) is 4.52. The minimum absolute atomic E-state index is 0.152. The average Bonchev–Trinajstić information content (AvgIpc) is 2.86. The van der Waals surface area contributed by atoms with Crippen molar-refractivity contribution < 1.29 is 4.74 Å². The van der Waals surface area contributed by atoms with Gasteiger partial charge in [-0.05, 0) is 36.8 Å². The summed E-state index contributed by atoms with van der Waals surface area (Å²) in [7, 11) is 1.73. The van der Waals surface area contributed by atoms with Crippen LogP contribution in [0.5, 0.6) is 0 Å². The molecule has 4 heterocycles. The van der Waals surface area contributed by atoms with Crippen LogP contribution >= 0.6 is 11.6 Å². The number of rotatable bonds is 5. The molecule has 0 spiro atoms. The molecule has 0 saturated carbocycles. The SMILES string of the molecule is CNc1ncc2cc(-c3ccc(-n4ccc(C)cc4=O)cc3Cl)c(=O)n(C[C@H]3CNCCO3)c2n1. The Balaban J connectivity index is 1.64. The Labute approximate surface area is 206 Å². The summed E-state index contributed by atoms with van der Waals surface area (Å²) in [5.41, 5.74) is 2.63. The van der Waals surface area contributed by atoms with Gasteiger partial charge in [0.15, 0.2) is 0 Å². The standard InChI is InChI=1S/C25H25ClN6O3/c1-15-5-7-31(22(33)9-15)17-3-4-19(21(26)11-17)20-10-16-12-29-25(27-2)30-23(16)32(24(20)34)14-18-13-28-6-8-35-18/h3-5,7,9-12,18,28H,6,8,13-14H2,1-2H3,(H,27,29,30)/t18-/m1/s1. The first-order valence-electron chi connectivity index (χ1n) is 11.3. The van der Waals surface area contributed by atoms with Gasteiger partial charge in [0.2, 0.25) is 5.95 Å². The molecule has 0 amide bonds. The minimum atomic E-state index is -0.227. The van der Waals surface area contributed by atoms with Gasteiger partial charge in [-0.1, -0.05) is 17.7 Å². The molecule has 9 nitrogen and oxygen atoms in total. The third-order valence-electron chi connectivity index (χ3n) is 6.04. The summed E-state index contributed by atoms with van der Waals surface area (Å²) in [5.74, 6) is 0.423. The van der Waals surface area contributed by atoms with Gasteiger partial charge in [0, 0.05) is 55.1 Å². The summed E-state index contributed by atoms with van der Waals surface area (Å²) in [6.45, 7) is 4.21. The lowest BCUT2D eigenvalue weighted by Crippen LogP contribution is -2.42. The molecule has 3 aromatic heterocycles. The number of pyridine rings is 2. The predicted octanol–water partition coefficient (Wildman–Crippen LogP) is 2.60. The van der Waals surface area contributed by atoms with E-state index in [1.807, 2.05) is 13.0 Å². The highest BCUT2D eigenvalue weighted by molar-refractivity contribution is 6.33. The molecule has 10 heteroatoms. The van der Waals surface area contributed by atoms with Gasteiger partial charge in [-0.2, -0.15) is 4.98 Å². The number of fused-ring (bicyclic) bond motifs is 1. The summed E-state index contributed by atoms with van der Waals surface area (Å²) in [6.07, 6.45) is 3.22. The molecule has 1 aliphatic rings. The maximum absolute atomic E-state index is 13.7. The molecule has 1 saturated heterocycles. The van der Waals surface area contributed by atoms with Crippen LogP contribution in [-0.2, 0) is 11.3 Å². The molecule has 1 aromatic carbocycles. The van der Waals surface area contributed by atoms with Crippen LogP contribution in [0.4, 0.5) is 5.95 Å². The Kier molecular flexibility index (Phi) is 6.38. The lowest BCUT2D eigenvalue weighted by molar-refractivity contribution is 0.0183. The molecule has 180 valence electrons. The van der Waals surface area contributed by atoms with E-state index in [-0.39, 0.29) is 17.2 Å². The lowest BCUT2D eigenvalue weighted by atomic mass is 10.0. The van der Waals surface area contributed by atoms with Crippen LogP contribution < -0.4 is 21.8 Å². The zero-order valence-corrected chi connectivity index (χ0v) is 20.2. The topological polar surface area (TPSA) is 103 Å². The quantitative estimate of drug-likeness (QED) is 0.441. The van der Waals surface area contributed by atoms with E-state index in [9.17, 15) is 9.59 Å². The second-order valence-corrected chi connectivity index (χ2v) is 8.88. The number of halogens is 1. The number of hydrogen-bond donors (Lipinski definition) is 2. The van der Waals surface area contributed by atoms with E-state index in [2.05, 4.69) is 20.6 Å². The van der Waals surface area contributed by atoms with Crippen molar-refractivity contribution in [1.29, 1.82) is 0 Å². The highest BCUT2D eigenvalue weighted by Gasteiger charge is 2.20. The molecule has 0 unspecified atom stereocenters. The van der Waals surface area contributed by atoms with E-state index < -0.39 is 0 Å². The number of aryl methyl sites for hydroxylation is 1. The molecule has 1 aliphatic heterocycles. The average molecular weight is 493 g/mol. The monoisotopic (exact) mass is 492 g/mol. The van der Waals surface area contributed by atoms with Crippen LogP contribution in [-0.4, -0.2) is 52.0 Å². The predicted molar refractivity (Wildman–Crippen MR) is 137 cm³/mol. The summed E-state index contributed by atoms with van der Waals surface area (Å²) >= 11 is 6.67. The summed E-state index contributed by atoms with van der Waals surface area (Å²) in [5, 5.41) is 7.29. The fourth-order valence-electron chi connectivity index (χ4n) is 4.25. The molecular weight excluding hydrogens is 468 g/mol. The first kappa shape index (κ1) is 23.2. The smallest absolute Gasteiger partial charge is 0.260 e. The third kappa shape index (κ3) is 4.58. The maximum Gasteiger partial charge on any atom is 0.260 e. The van der Waals surface area contributed by atoms with Crippen molar-refractivity contribution in [2.75, 3.05) is 32.1 Å². The highest BCUT2D eigenvalue weighted by Crippen LogP contribution is 2.29. The molecule has 35 heavy (non-hydrogen) atoms. The third-order valence-corrected chi connectivity index (χ3v) is 6.35. The van der Waals surface area contributed by atoms with E-state index in [1.165, 1.54) is 4.57 Å². The Hall–Kier alpha value is -3.53. The molecule has 1 fully saturated rings. The first-order valence-corrected chi connectivity index (χ1v) is 11.7. The number of ether oxygens (including phenoxy) is 1. The van der Waals surface area contributed by atoms with Crippen molar-refractivity contribution in [2.45, 2.75) is 19.6 Å². The van der Waals surface area contributed by atoms with Gasteiger partial charge >= 0.3 is 0 Å². The molecule has 0 radical (unpaired) electrons. The van der Waals surface area contributed by atoms with Gasteiger partial charge < -0.3 is 15.4 Å². The summed E-state index contributed by atoms with van der Waals surface area (Å²) in [4.78, 5) is 35.0. The highest BCUT2D eigenvalue weighted by atomic mass is 35.5. The fraction of sp³-hybridized carbons (Fsp3) is 0.280. The minimum Gasteiger partial charge on any atom is -0.374 e. The van der Waals surface area contributed by atoms with E-state index in [0.29, 0.717) is 58.5 Å².